The average molecular weight is 306 g/mol. The normalized spacial score (nSPS) is 10.4. The minimum Gasteiger partial charge on any atom is -0.325 e. The van der Waals surface area contributed by atoms with Gasteiger partial charge in [-0.2, -0.15) is 0 Å². The summed E-state index contributed by atoms with van der Waals surface area (Å²) in [5.41, 5.74) is 3.23. The van der Waals surface area contributed by atoms with Crippen LogP contribution in [0, 0.1) is 13.8 Å². The number of aryl methyl sites for hydroxylation is 2. The topological polar surface area (TPSA) is 29.9 Å². The molecule has 0 aliphatic carbocycles. The molecule has 0 saturated heterocycles. The van der Waals surface area contributed by atoms with Crippen LogP contribution < -0.4 is 5.32 Å². The van der Waals surface area contributed by atoms with Crippen molar-refractivity contribution in [3.05, 3.63) is 52.8 Å². The van der Waals surface area contributed by atoms with Gasteiger partial charge in [0.05, 0.1) is 5.69 Å². The van der Waals surface area contributed by atoms with E-state index >= 15 is 0 Å². The number of nitrogens with one attached hydrogen (secondary N) is 1. The molecule has 0 amide bonds. The van der Waals surface area contributed by atoms with Crippen molar-refractivity contribution in [3.8, 4) is 0 Å². The van der Waals surface area contributed by atoms with E-state index in [9.17, 15) is 0 Å². The number of anilines is 2. The number of aromatic nitrogens is 2. The second-order valence-electron chi connectivity index (χ2n) is 4.23. The van der Waals surface area contributed by atoms with Crippen molar-refractivity contribution >= 4 is 27.6 Å². The highest BCUT2D eigenvalue weighted by atomic mass is 79.9. The highest BCUT2D eigenvalue weighted by Gasteiger charge is 2.06. The maximum atomic E-state index is 4.48. The summed E-state index contributed by atoms with van der Waals surface area (Å²) in [5, 5.41) is 3.36. The molecule has 0 spiro atoms. The van der Waals surface area contributed by atoms with Gasteiger partial charge in [0, 0.05) is 22.9 Å². The number of benzene rings is 1. The van der Waals surface area contributed by atoms with Crippen molar-refractivity contribution in [1.82, 2.24) is 9.55 Å². The minimum absolute atomic E-state index is 0.746. The molecule has 1 aromatic heterocycles. The molecule has 0 fully saturated rings. The zero-order chi connectivity index (χ0) is 13.1. The van der Waals surface area contributed by atoms with Crippen LogP contribution in [-0.2, 0) is 6.54 Å². The lowest BCUT2D eigenvalue weighted by atomic mass is 10.2. The lowest BCUT2D eigenvalue weighted by Gasteiger charge is -2.10. The Bertz CT molecular complexity index is 572. The van der Waals surface area contributed by atoms with Gasteiger partial charge < -0.3 is 9.88 Å². The van der Waals surface area contributed by atoms with Crippen molar-refractivity contribution in [2.75, 3.05) is 5.32 Å². The predicted molar refractivity (Wildman–Crippen MR) is 79.3 cm³/mol. The molecule has 4 heteroatoms. The van der Waals surface area contributed by atoms with Gasteiger partial charge in [-0.15, -0.1) is 6.58 Å². The molecule has 0 atom stereocenters. The van der Waals surface area contributed by atoms with Gasteiger partial charge in [-0.05, 0) is 31.5 Å². The molecular formula is C14H16BrN3. The molecule has 0 bridgehead atoms. The number of nitrogens with zero attached hydrogens (tertiary/aromatic N) is 2. The molecule has 1 aromatic carbocycles. The SMILES string of the molecule is C=CCn1cc(C)nc1Nc1cc(Br)ccc1C. The average Bonchev–Trinajstić information content (AvgIpc) is 2.65. The second kappa shape index (κ2) is 5.40. The Hall–Kier alpha value is -1.55. The summed E-state index contributed by atoms with van der Waals surface area (Å²) in [6, 6.07) is 6.15. The third-order valence-corrected chi connectivity index (χ3v) is 3.16. The fourth-order valence-electron chi connectivity index (χ4n) is 1.77. The van der Waals surface area contributed by atoms with E-state index in [1.807, 2.05) is 29.8 Å². The molecular weight excluding hydrogens is 290 g/mol. The second-order valence-corrected chi connectivity index (χ2v) is 5.15. The van der Waals surface area contributed by atoms with Crippen molar-refractivity contribution in [1.29, 1.82) is 0 Å². The van der Waals surface area contributed by atoms with Gasteiger partial charge in [0.25, 0.3) is 0 Å². The Labute approximate surface area is 116 Å². The van der Waals surface area contributed by atoms with E-state index in [1.165, 1.54) is 5.56 Å². The standard InChI is InChI=1S/C14H16BrN3/c1-4-7-18-9-11(3)16-14(18)17-13-8-12(15)6-5-10(13)2/h4-6,8-9H,1,7H2,2-3H3,(H,16,17). The van der Waals surface area contributed by atoms with Gasteiger partial charge in [0.15, 0.2) is 0 Å². The van der Waals surface area contributed by atoms with Crippen molar-refractivity contribution in [2.24, 2.45) is 0 Å². The van der Waals surface area contributed by atoms with E-state index in [4.69, 9.17) is 0 Å². The molecule has 2 rings (SSSR count). The van der Waals surface area contributed by atoms with Crippen LogP contribution in [0.5, 0.6) is 0 Å². The molecule has 0 saturated carbocycles. The molecule has 0 aliphatic heterocycles. The molecule has 2 aromatic rings. The van der Waals surface area contributed by atoms with Crippen LogP contribution in [0.25, 0.3) is 0 Å². The van der Waals surface area contributed by atoms with Crippen LogP contribution in [0.15, 0.2) is 41.5 Å². The van der Waals surface area contributed by atoms with E-state index in [2.05, 4.69) is 51.9 Å². The number of rotatable bonds is 4. The quantitative estimate of drug-likeness (QED) is 0.858. The van der Waals surface area contributed by atoms with Crippen LogP contribution in [0.2, 0.25) is 0 Å². The summed E-state index contributed by atoms with van der Waals surface area (Å²) in [6.45, 7) is 8.56. The van der Waals surface area contributed by atoms with Gasteiger partial charge in [-0.3, -0.25) is 0 Å². The molecule has 0 aliphatic rings. The molecule has 3 nitrogen and oxygen atoms in total. The summed E-state index contributed by atoms with van der Waals surface area (Å²) >= 11 is 3.48. The monoisotopic (exact) mass is 305 g/mol. The Balaban J connectivity index is 2.33. The molecule has 18 heavy (non-hydrogen) atoms. The molecule has 0 unspecified atom stereocenters. The van der Waals surface area contributed by atoms with E-state index in [0.29, 0.717) is 0 Å². The maximum Gasteiger partial charge on any atom is 0.207 e. The number of hydrogen-bond donors (Lipinski definition) is 1. The number of imidazole rings is 1. The Morgan fingerprint density at radius 2 is 2.22 bits per heavy atom. The highest BCUT2D eigenvalue weighted by Crippen LogP contribution is 2.24. The summed E-state index contributed by atoms with van der Waals surface area (Å²) < 4.78 is 3.09. The summed E-state index contributed by atoms with van der Waals surface area (Å²) in [5.74, 6) is 0.841. The van der Waals surface area contributed by atoms with Gasteiger partial charge in [0.2, 0.25) is 5.95 Å². The maximum absolute atomic E-state index is 4.48. The van der Waals surface area contributed by atoms with Crippen LogP contribution in [-0.4, -0.2) is 9.55 Å². The highest BCUT2D eigenvalue weighted by molar-refractivity contribution is 9.10. The third kappa shape index (κ3) is 2.82. The zero-order valence-corrected chi connectivity index (χ0v) is 12.2. The van der Waals surface area contributed by atoms with Crippen molar-refractivity contribution in [2.45, 2.75) is 20.4 Å². The van der Waals surface area contributed by atoms with Crippen LogP contribution in [0.1, 0.15) is 11.3 Å². The summed E-state index contributed by atoms with van der Waals surface area (Å²) in [6.07, 6.45) is 3.87. The first-order chi connectivity index (χ1) is 8.60. The number of halogens is 1. The van der Waals surface area contributed by atoms with E-state index in [1.54, 1.807) is 0 Å². The number of hydrogen-bond acceptors (Lipinski definition) is 2. The Morgan fingerprint density at radius 3 is 2.94 bits per heavy atom. The first-order valence-electron chi connectivity index (χ1n) is 5.78. The van der Waals surface area contributed by atoms with Crippen LogP contribution in [0.3, 0.4) is 0 Å². The Morgan fingerprint density at radius 1 is 1.44 bits per heavy atom. The smallest absolute Gasteiger partial charge is 0.207 e. The zero-order valence-electron chi connectivity index (χ0n) is 10.6. The lowest BCUT2D eigenvalue weighted by Crippen LogP contribution is -2.02. The molecule has 1 N–H and O–H groups in total. The van der Waals surface area contributed by atoms with E-state index in [-0.39, 0.29) is 0 Å². The molecule has 94 valence electrons. The lowest BCUT2D eigenvalue weighted by molar-refractivity contribution is 0.832. The van der Waals surface area contributed by atoms with Gasteiger partial charge in [-0.1, -0.05) is 28.1 Å². The molecule has 1 heterocycles. The Kier molecular flexibility index (Phi) is 3.87. The van der Waals surface area contributed by atoms with E-state index in [0.717, 1.165) is 28.3 Å². The summed E-state index contributed by atoms with van der Waals surface area (Å²) in [4.78, 5) is 4.48. The summed E-state index contributed by atoms with van der Waals surface area (Å²) in [7, 11) is 0. The minimum atomic E-state index is 0.746. The van der Waals surface area contributed by atoms with Gasteiger partial charge in [-0.25, -0.2) is 4.98 Å². The van der Waals surface area contributed by atoms with Gasteiger partial charge >= 0.3 is 0 Å². The molecule has 0 radical (unpaired) electrons. The largest absolute Gasteiger partial charge is 0.325 e. The fourth-order valence-corrected chi connectivity index (χ4v) is 2.14. The van der Waals surface area contributed by atoms with Gasteiger partial charge in [0.1, 0.15) is 0 Å². The first kappa shape index (κ1) is 12.9. The predicted octanol–water partition coefficient (Wildman–Crippen LogP) is 4.19. The first-order valence-corrected chi connectivity index (χ1v) is 6.57. The van der Waals surface area contributed by atoms with Crippen LogP contribution >= 0.6 is 15.9 Å². The van der Waals surface area contributed by atoms with Crippen molar-refractivity contribution in [3.63, 3.8) is 0 Å². The number of allylic oxidation sites excluding steroid dienone is 1. The fraction of sp³-hybridized carbons (Fsp3) is 0.214. The van der Waals surface area contributed by atoms with E-state index < -0.39 is 0 Å². The van der Waals surface area contributed by atoms with Crippen molar-refractivity contribution < 1.29 is 0 Å². The third-order valence-electron chi connectivity index (χ3n) is 2.67. The van der Waals surface area contributed by atoms with Crippen LogP contribution in [0.4, 0.5) is 11.6 Å².